The maximum absolute atomic E-state index is 12.9. The van der Waals surface area contributed by atoms with E-state index in [1.807, 2.05) is 0 Å². The molecule has 0 bridgehead atoms. The third kappa shape index (κ3) is 15.0. The van der Waals surface area contributed by atoms with E-state index in [0.29, 0.717) is 12.5 Å². The zero-order valence-electron chi connectivity index (χ0n) is 23.8. The number of alkyl halides is 3. The molecule has 0 aliphatic rings. The number of amides is 3. The summed E-state index contributed by atoms with van der Waals surface area (Å²) in [7, 11) is 1.25. The number of rotatable bonds is 14. The van der Waals surface area contributed by atoms with Crippen molar-refractivity contribution in [3.63, 3.8) is 0 Å². The standard InChI is InChI=1S/C24H37N5O6.C2HF3O2/c1-5-17(6-2)14-26-20(30)15-29-13-9-11-19(24(29)34)28-23(33)18(27-22(32)16(3)25)10-7-8-12-21(31)35-4;3-2(4,5)1(6)7/h8-9,11-13,16-18H,5-7,10,14-15,25H2,1-4H3,(H,26,30)(H,27,32)(H,28,33);(H,6,7)/t16?,18-;/m0./s1. The molecule has 16 heteroatoms. The van der Waals surface area contributed by atoms with Crippen LogP contribution in [0.25, 0.3) is 0 Å². The number of carboxylic acid groups (broad SMARTS) is 1. The van der Waals surface area contributed by atoms with Crippen LogP contribution in [0.3, 0.4) is 0 Å². The van der Waals surface area contributed by atoms with Crippen LogP contribution in [0.15, 0.2) is 35.3 Å². The number of methoxy groups -OCH3 is 1. The van der Waals surface area contributed by atoms with Crippen molar-refractivity contribution in [2.75, 3.05) is 19.0 Å². The number of aromatic nitrogens is 1. The van der Waals surface area contributed by atoms with Gasteiger partial charge in [-0.1, -0.05) is 32.8 Å². The van der Waals surface area contributed by atoms with Crippen molar-refractivity contribution in [2.45, 2.75) is 71.3 Å². The van der Waals surface area contributed by atoms with E-state index < -0.39 is 47.6 Å². The maximum atomic E-state index is 12.9. The number of nitrogens with one attached hydrogen (secondary N) is 3. The van der Waals surface area contributed by atoms with E-state index in [0.717, 1.165) is 12.8 Å². The summed E-state index contributed by atoms with van der Waals surface area (Å²) in [4.78, 5) is 70.2. The van der Waals surface area contributed by atoms with Crippen LogP contribution in [0.1, 0.15) is 46.5 Å². The molecular weight excluding hydrogens is 567 g/mol. The summed E-state index contributed by atoms with van der Waals surface area (Å²) in [5.41, 5.74) is 5.00. The Kier molecular flexibility index (Phi) is 17.1. The zero-order chi connectivity index (χ0) is 32.5. The Hall–Kier alpha value is -4.21. The molecular formula is C26H38F3N5O8. The molecule has 6 N–H and O–H groups in total. The van der Waals surface area contributed by atoms with E-state index in [9.17, 15) is 37.1 Å². The fourth-order valence-corrected chi connectivity index (χ4v) is 3.10. The second-order valence-corrected chi connectivity index (χ2v) is 8.99. The van der Waals surface area contributed by atoms with E-state index in [-0.39, 0.29) is 31.0 Å². The predicted octanol–water partition coefficient (Wildman–Crippen LogP) is 1.31. The summed E-state index contributed by atoms with van der Waals surface area (Å²) >= 11 is 0. The first kappa shape index (κ1) is 37.8. The van der Waals surface area contributed by atoms with Gasteiger partial charge in [-0.05, 0) is 37.8 Å². The highest BCUT2D eigenvalue weighted by Gasteiger charge is 2.38. The molecule has 2 atom stereocenters. The zero-order valence-corrected chi connectivity index (χ0v) is 23.8. The Balaban J connectivity index is 0.00000212. The molecule has 0 fully saturated rings. The summed E-state index contributed by atoms with van der Waals surface area (Å²) < 4.78 is 37.4. The van der Waals surface area contributed by atoms with Crippen molar-refractivity contribution >= 4 is 35.3 Å². The number of anilines is 1. The average Bonchev–Trinajstić information content (AvgIpc) is 2.92. The van der Waals surface area contributed by atoms with Crippen molar-refractivity contribution < 1.29 is 47.0 Å². The second kappa shape index (κ2) is 19.0. The lowest BCUT2D eigenvalue weighted by Gasteiger charge is -2.19. The van der Waals surface area contributed by atoms with Gasteiger partial charge in [0.2, 0.25) is 17.7 Å². The third-order valence-corrected chi connectivity index (χ3v) is 5.70. The highest BCUT2D eigenvalue weighted by Crippen LogP contribution is 2.13. The lowest BCUT2D eigenvalue weighted by molar-refractivity contribution is -0.192. The van der Waals surface area contributed by atoms with Crippen LogP contribution < -0.4 is 27.2 Å². The number of halogens is 3. The van der Waals surface area contributed by atoms with Crippen molar-refractivity contribution in [1.82, 2.24) is 15.2 Å². The SMILES string of the molecule is CCC(CC)CNC(=O)Cn1cccc(NC(=O)[C@H](CCC=CC(=O)OC)NC(=O)C(C)N)c1=O.O=C(O)C(F)(F)F. The molecule has 0 aliphatic heterocycles. The quantitative estimate of drug-likeness (QED) is 0.153. The summed E-state index contributed by atoms with van der Waals surface area (Å²) in [6, 6.07) is 1.11. The first-order chi connectivity index (χ1) is 19.6. The van der Waals surface area contributed by atoms with E-state index in [2.05, 4.69) is 34.5 Å². The van der Waals surface area contributed by atoms with Crippen LogP contribution in [0.4, 0.5) is 18.9 Å². The Bertz CT molecular complexity index is 1150. The van der Waals surface area contributed by atoms with Crippen LogP contribution in [0.5, 0.6) is 0 Å². The molecule has 1 aromatic heterocycles. The average molecular weight is 606 g/mol. The smallest absolute Gasteiger partial charge is 0.475 e. The predicted molar refractivity (Wildman–Crippen MR) is 146 cm³/mol. The molecule has 13 nitrogen and oxygen atoms in total. The summed E-state index contributed by atoms with van der Waals surface area (Å²) in [6.07, 6.45) is 1.42. The van der Waals surface area contributed by atoms with Crippen LogP contribution in [0, 0.1) is 5.92 Å². The minimum absolute atomic E-state index is 0.0320. The maximum Gasteiger partial charge on any atom is 0.490 e. The van der Waals surface area contributed by atoms with E-state index >= 15 is 0 Å². The Labute approximate surface area is 240 Å². The van der Waals surface area contributed by atoms with Crippen molar-refractivity contribution in [3.8, 4) is 0 Å². The van der Waals surface area contributed by atoms with Gasteiger partial charge in [-0.25, -0.2) is 9.59 Å². The van der Waals surface area contributed by atoms with Crippen molar-refractivity contribution in [1.29, 1.82) is 0 Å². The van der Waals surface area contributed by atoms with Gasteiger partial charge < -0.3 is 36.1 Å². The fraction of sp³-hybridized carbons (Fsp3) is 0.538. The highest BCUT2D eigenvalue weighted by atomic mass is 19.4. The molecule has 0 aliphatic carbocycles. The summed E-state index contributed by atoms with van der Waals surface area (Å²) in [6.45, 7) is 5.92. The number of carbonyl (C=O) groups is 5. The number of carboxylic acids is 1. The van der Waals surface area contributed by atoms with Gasteiger partial charge in [-0.15, -0.1) is 0 Å². The first-order valence-electron chi connectivity index (χ1n) is 12.9. The second-order valence-electron chi connectivity index (χ2n) is 8.99. The van der Waals surface area contributed by atoms with Crippen LogP contribution in [-0.2, 0) is 35.3 Å². The number of allylic oxidation sites excluding steroid dienone is 1. The minimum Gasteiger partial charge on any atom is -0.475 e. The number of ether oxygens (including phenoxy) is 1. The number of hydrogen-bond acceptors (Lipinski definition) is 8. The van der Waals surface area contributed by atoms with Crippen LogP contribution >= 0.6 is 0 Å². The molecule has 0 saturated heterocycles. The van der Waals surface area contributed by atoms with Crippen LogP contribution in [0.2, 0.25) is 0 Å². The summed E-state index contributed by atoms with van der Waals surface area (Å²) in [5.74, 6) is -4.40. The Morgan fingerprint density at radius 2 is 1.74 bits per heavy atom. The van der Waals surface area contributed by atoms with Crippen molar-refractivity contribution in [2.24, 2.45) is 11.7 Å². The molecule has 0 saturated carbocycles. The molecule has 1 unspecified atom stereocenters. The van der Waals surface area contributed by atoms with E-state index in [1.54, 1.807) is 6.07 Å². The first-order valence-corrected chi connectivity index (χ1v) is 12.9. The number of nitrogens with two attached hydrogens (primary N) is 1. The van der Waals surface area contributed by atoms with Gasteiger partial charge in [0.1, 0.15) is 18.3 Å². The van der Waals surface area contributed by atoms with Crippen LogP contribution in [-0.4, -0.2) is 71.2 Å². The highest BCUT2D eigenvalue weighted by molar-refractivity contribution is 5.97. The van der Waals surface area contributed by atoms with Gasteiger partial charge in [0.15, 0.2) is 0 Å². The number of nitrogens with zero attached hydrogens (tertiary/aromatic N) is 1. The lowest BCUT2D eigenvalue weighted by Crippen LogP contribution is -2.49. The molecule has 1 aromatic rings. The van der Waals surface area contributed by atoms with E-state index in [4.69, 9.17) is 15.6 Å². The molecule has 1 heterocycles. The van der Waals surface area contributed by atoms with Gasteiger partial charge in [0.25, 0.3) is 5.56 Å². The molecule has 0 aromatic carbocycles. The van der Waals surface area contributed by atoms with Gasteiger partial charge in [0, 0.05) is 18.8 Å². The Morgan fingerprint density at radius 1 is 1.14 bits per heavy atom. The van der Waals surface area contributed by atoms with E-state index in [1.165, 1.54) is 43.0 Å². The summed E-state index contributed by atoms with van der Waals surface area (Å²) in [5, 5.41) is 15.0. The lowest BCUT2D eigenvalue weighted by atomic mass is 10.0. The number of hydrogen-bond donors (Lipinski definition) is 5. The minimum atomic E-state index is -5.08. The number of pyridine rings is 1. The molecule has 236 valence electrons. The monoisotopic (exact) mass is 605 g/mol. The number of esters is 1. The molecule has 3 amide bonds. The number of aliphatic carboxylic acids is 1. The van der Waals surface area contributed by atoms with Gasteiger partial charge in [0.05, 0.1) is 13.2 Å². The normalized spacial score (nSPS) is 12.5. The van der Waals surface area contributed by atoms with Crippen molar-refractivity contribution in [3.05, 3.63) is 40.8 Å². The van der Waals surface area contributed by atoms with Gasteiger partial charge in [-0.2, -0.15) is 13.2 Å². The Morgan fingerprint density at radius 3 is 2.24 bits per heavy atom. The molecule has 0 radical (unpaired) electrons. The third-order valence-electron chi connectivity index (χ3n) is 5.70. The molecule has 1 rings (SSSR count). The molecule has 0 spiro atoms. The topological polar surface area (TPSA) is 199 Å². The fourth-order valence-electron chi connectivity index (χ4n) is 3.10. The number of carbonyl (C=O) groups excluding carboxylic acids is 4. The van der Waals surface area contributed by atoms with Gasteiger partial charge in [-0.3, -0.25) is 19.2 Å². The van der Waals surface area contributed by atoms with Gasteiger partial charge >= 0.3 is 18.1 Å². The molecule has 42 heavy (non-hydrogen) atoms. The largest absolute Gasteiger partial charge is 0.490 e.